The van der Waals surface area contributed by atoms with E-state index in [2.05, 4.69) is 5.32 Å². The van der Waals surface area contributed by atoms with Crippen molar-refractivity contribution < 1.29 is 22.7 Å². The number of ether oxygens (including phenoxy) is 1. The standard InChI is InChI=1S/C26H35Cl2N3O5S/c1-6-18(2)29-26(33)19(3)30(17-20-12-13-21(27)15-24(20)28)25(32)11-8-14-31(37(5,34)35)22-9-7-10-23(16-22)36-4/h7,9-10,12-13,15-16,18-19H,6,8,11,14,17H2,1-5H3,(H,29,33)/t18-,19+/m0/s1. The molecule has 0 fully saturated rings. The molecule has 0 aromatic heterocycles. The summed E-state index contributed by atoms with van der Waals surface area (Å²) in [4.78, 5) is 27.7. The Bertz CT molecular complexity index is 1190. The van der Waals surface area contributed by atoms with Crippen molar-refractivity contribution in [1.82, 2.24) is 10.2 Å². The second kappa shape index (κ2) is 13.9. The molecule has 37 heavy (non-hydrogen) atoms. The van der Waals surface area contributed by atoms with Gasteiger partial charge in [-0.2, -0.15) is 0 Å². The van der Waals surface area contributed by atoms with Gasteiger partial charge >= 0.3 is 0 Å². The molecule has 0 bridgehead atoms. The van der Waals surface area contributed by atoms with E-state index in [0.717, 1.165) is 12.7 Å². The maximum Gasteiger partial charge on any atom is 0.242 e. The zero-order valence-corrected chi connectivity index (χ0v) is 24.2. The molecule has 0 saturated heterocycles. The number of amides is 2. The average Bonchev–Trinajstić information content (AvgIpc) is 2.84. The summed E-state index contributed by atoms with van der Waals surface area (Å²) in [6.07, 6.45) is 2.14. The number of methoxy groups -OCH3 is 1. The van der Waals surface area contributed by atoms with Gasteiger partial charge in [-0.25, -0.2) is 8.42 Å². The van der Waals surface area contributed by atoms with Crippen molar-refractivity contribution in [3.05, 3.63) is 58.1 Å². The maximum absolute atomic E-state index is 13.4. The molecule has 2 rings (SSSR count). The molecule has 204 valence electrons. The van der Waals surface area contributed by atoms with Crippen LogP contribution in [-0.2, 0) is 26.2 Å². The summed E-state index contributed by atoms with van der Waals surface area (Å²) >= 11 is 12.4. The molecule has 0 heterocycles. The fraction of sp³-hybridized carbons (Fsp3) is 0.462. The van der Waals surface area contributed by atoms with E-state index in [1.165, 1.54) is 16.3 Å². The van der Waals surface area contributed by atoms with Gasteiger partial charge in [-0.1, -0.05) is 42.3 Å². The molecular formula is C26H35Cl2N3O5S. The van der Waals surface area contributed by atoms with Gasteiger partial charge in [0.25, 0.3) is 0 Å². The highest BCUT2D eigenvalue weighted by Gasteiger charge is 2.28. The SMILES string of the molecule is CC[C@H](C)NC(=O)[C@@H](C)N(Cc1ccc(Cl)cc1Cl)C(=O)CCCN(c1cccc(OC)c1)S(C)(=O)=O. The maximum atomic E-state index is 13.4. The van der Waals surface area contributed by atoms with Crippen molar-refractivity contribution in [2.75, 3.05) is 24.2 Å². The van der Waals surface area contributed by atoms with Gasteiger partial charge in [0.1, 0.15) is 11.8 Å². The molecule has 1 N–H and O–H groups in total. The summed E-state index contributed by atoms with van der Waals surface area (Å²) in [5, 5.41) is 3.77. The van der Waals surface area contributed by atoms with Crippen LogP contribution in [0.1, 0.15) is 45.6 Å². The molecule has 0 unspecified atom stereocenters. The minimum atomic E-state index is -3.61. The molecule has 2 amide bonds. The Morgan fingerprint density at radius 2 is 1.81 bits per heavy atom. The van der Waals surface area contributed by atoms with Crippen molar-refractivity contribution in [1.29, 1.82) is 0 Å². The summed E-state index contributed by atoms with van der Waals surface area (Å²) in [5.74, 6) is -0.0479. The molecule has 0 aliphatic rings. The Morgan fingerprint density at radius 3 is 2.41 bits per heavy atom. The van der Waals surface area contributed by atoms with E-state index in [0.29, 0.717) is 27.0 Å². The Kier molecular flexibility index (Phi) is 11.5. The van der Waals surface area contributed by atoms with Crippen LogP contribution in [0.15, 0.2) is 42.5 Å². The third kappa shape index (κ3) is 9.09. The first-order valence-corrected chi connectivity index (χ1v) is 14.6. The molecule has 2 aromatic carbocycles. The van der Waals surface area contributed by atoms with E-state index in [4.69, 9.17) is 27.9 Å². The Morgan fingerprint density at radius 1 is 1.11 bits per heavy atom. The number of hydrogen-bond acceptors (Lipinski definition) is 5. The number of carbonyl (C=O) groups excluding carboxylic acids is 2. The lowest BCUT2D eigenvalue weighted by atomic mass is 10.1. The van der Waals surface area contributed by atoms with Crippen molar-refractivity contribution >= 4 is 50.7 Å². The number of sulfonamides is 1. The number of rotatable bonds is 13. The zero-order chi connectivity index (χ0) is 27.8. The first-order valence-electron chi connectivity index (χ1n) is 12.0. The van der Waals surface area contributed by atoms with E-state index in [9.17, 15) is 18.0 Å². The minimum absolute atomic E-state index is 0.0299. The molecule has 2 atom stereocenters. The normalized spacial score (nSPS) is 12.9. The number of halogens is 2. The molecule has 0 aliphatic carbocycles. The van der Waals surface area contributed by atoms with Gasteiger partial charge in [0.2, 0.25) is 21.8 Å². The van der Waals surface area contributed by atoms with Crippen molar-refractivity contribution in [3.8, 4) is 5.75 Å². The van der Waals surface area contributed by atoms with Crippen LogP contribution in [0, 0.1) is 0 Å². The highest BCUT2D eigenvalue weighted by molar-refractivity contribution is 7.92. The minimum Gasteiger partial charge on any atom is -0.497 e. The molecule has 0 aliphatic heterocycles. The van der Waals surface area contributed by atoms with E-state index in [1.807, 2.05) is 13.8 Å². The lowest BCUT2D eigenvalue weighted by Crippen LogP contribution is -2.49. The quantitative estimate of drug-likeness (QED) is 0.369. The largest absolute Gasteiger partial charge is 0.497 e. The molecule has 0 radical (unpaired) electrons. The number of carbonyl (C=O) groups is 2. The van der Waals surface area contributed by atoms with Gasteiger partial charge in [-0.15, -0.1) is 0 Å². The van der Waals surface area contributed by atoms with Crippen molar-refractivity contribution in [2.24, 2.45) is 0 Å². The van der Waals surface area contributed by atoms with Crippen molar-refractivity contribution in [3.63, 3.8) is 0 Å². The van der Waals surface area contributed by atoms with Crippen LogP contribution in [0.2, 0.25) is 10.0 Å². The highest BCUT2D eigenvalue weighted by Crippen LogP contribution is 2.25. The summed E-state index contributed by atoms with van der Waals surface area (Å²) in [5.41, 5.74) is 1.09. The summed E-state index contributed by atoms with van der Waals surface area (Å²) < 4.78 is 31.4. The van der Waals surface area contributed by atoms with E-state index >= 15 is 0 Å². The molecule has 2 aromatic rings. The number of nitrogens with one attached hydrogen (secondary N) is 1. The van der Waals surface area contributed by atoms with Gasteiger partial charge in [0.05, 0.1) is 19.1 Å². The molecule has 0 spiro atoms. The Balaban J connectivity index is 2.22. The van der Waals surface area contributed by atoms with Gasteiger partial charge in [-0.05, 0) is 56.5 Å². The van der Waals surface area contributed by atoms with E-state index in [-0.39, 0.29) is 43.8 Å². The molecular weight excluding hydrogens is 537 g/mol. The first-order chi connectivity index (χ1) is 17.4. The van der Waals surface area contributed by atoms with Crippen LogP contribution in [0.4, 0.5) is 5.69 Å². The molecule has 0 saturated carbocycles. The van der Waals surface area contributed by atoms with Gasteiger partial charge in [0.15, 0.2) is 0 Å². The zero-order valence-electron chi connectivity index (χ0n) is 21.8. The van der Waals surface area contributed by atoms with Gasteiger partial charge in [-0.3, -0.25) is 13.9 Å². The van der Waals surface area contributed by atoms with E-state index < -0.39 is 16.1 Å². The lowest BCUT2D eigenvalue weighted by Gasteiger charge is -2.30. The number of nitrogens with zero attached hydrogens (tertiary/aromatic N) is 2. The monoisotopic (exact) mass is 571 g/mol. The van der Waals surface area contributed by atoms with Crippen LogP contribution in [0.5, 0.6) is 5.75 Å². The topological polar surface area (TPSA) is 96.0 Å². The fourth-order valence-corrected chi connectivity index (χ4v) is 5.08. The number of anilines is 1. The second-order valence-electron chi connectivity index (χ2n) is 8.89. The highest BCUT2D eigenvalue weighted by atomic mass is 35.5. The van der Waals surface area contributed by atoms with Crippen LogP contribution < -0.4 is 14.4 Å². The summed E-state index contributed by atoms with van der Waals surface area (Å²) in [6.45, 7) is 5.71. The van der Waals surface area contributed by atoms with Crippen LogP contribution in [-0.4, -0.2) is 57.1 Å². The predicted octanol–water partition coefficient (Wildman–Crippen LogP) is 4.88. The number of benzene rings is 2. The predicted molar refractivity (Wildman–Crippen MR) is 149 cm³/mol. The Labute approximate surface area is 229 Å². The summed E-state index contributed by atoms with van der Waals surface area (Å²) in [7, 11) is -2.10. The van der Waals surface area contributed by atoms with Gasteiger partial charge in [0, 0.05) is 41.7 Å². The molecule has 11 heteroatoms. The number of hydrogen-bond donors (Lipinski definition) is 1. The average molecular weight is 573 g/mol. The summed E-state index contributed by atoms with van der Waals surface area (Å²) in [6, 6.07) is 10.9. The van der Waals surface area contributed by atoms with Crippen LogP contribution in [0.3, 0.4) is 0 Å². The second-order valence-corrected chi connectivity index (χ2v) is 11.6. The van der Waals surface area contributed by atoms with Crippen LogP contribution in [0.25, 0.3) is 0 Å². The third-order valence-corrected chi connectivity index (χ3v) is 7.80. The third-order valence-electron chi connectivity index (χ3n) is 6.02. The first kappa shape index (κ1) is 30.7. The smallest absolute Gasteiger partial charge is 0.242 e. The lowest BCUT2D eigenvalue weighted by molar-refractivity contribution is -0.140. The fourth-order valence-electron chi connectivity index (χ4n) is 3.65. The molecule has 8 nitrogen and oxygen atoms in total. The van der Waals surface area contributed by atoms with E-state index in [1.54, 1.807) is 49.4 Å². The van der Waals surface area contributed by atoms with Gasteiger partial charge < -0.3 is 15.0 Å². The Hall–Kier alpha value is -2.49. The van der Waals surface area contributed by atoms with Crippen LogP contribution >= 0.6 is 23.2 Å². The van der Waals surface area contributed by atoms with Crippen molar-refractivity contribution in [2.45, 2.75) is 58.7 Å².